The van der Waals surface area contributed by atoms with Gasteiger partial charge < -0.3 is 5.32 Å². The Hall–Kier alpha value is -2.99. The third-order valence-corrected chi connectivity index (χ3v) is 4.02. The molecule has 6 heteroatoms. The minimum Gasteiger partial charge on any atom is -0.341 e. The van der Waals surface area contributed by atoms with Crippen molar-refractivity contribution < 1.29 is 4.79 Å². The number of carbonyl (C=O) groups is 1. The third kappa shape index (κ3) is 4.77. The molecule has 3 aromatic rings. The van der Waals surface area contributed by atoms with Gasteiger partial charge >= 0.3 is 0 Å². The van der Waals surface area contributed by atoms with Crippen molar-refractivity contribution in [1.82, 2.24) is 25.4 Å². The maximum atomic E-state index is 12.6. The van der Waals surface area contributed by atoms with E-state index < -0.39 is 0 Å². The first-order valence-electron chi connectivity index (χ1n) is 8.57. The summed E-state index contributed by atoms with van der Waals surface area (Å²) in [6, 6.07) is 19.5. The monoisotopic (exact) mass is 349 g/mol. The van der Waals surface area contributed by atoms with Crippen molar-refractivity contribution >= 4 is 5.91 Å². The minimum absolute atomic E-state index is 0.0697. The van der Waals surface area contributed by atoms with Crippen LogP contribution in [0.2, 0.25) is 0 Å². The van der Waals surface area contributed by atoms with Gasteiger partial charge in [0.05, 0.1) is 6.54 Å². The smallest absolute Gasteiger partial charge is 0.235 e. The van der Waals surface area contributed by atoms with Crippen molar-refractivity contribution in [2.75, 3.05) is 13.6 Å². The van der Waals surface area contributed by atoms with E-state index in [9.17, 15) is 4.79 Å². The van der Waals surface area contributed by atoms with Crippen LogP contribution in [0.4, 0.5) is 0 Å². The standard InChI is InChI=1S/C20H23N5O/c1-15-21-20(24-23-15)19(17-11-7-4-8-12-17)22-18(26)14-25(2)13-16-9-5-3-6-10-16/h3-12,19H,13-14H2,1-2H3,(H,22,26)(H,21,23,24). The Morgan fingerprint density at radius 2 is 1.77 bits per heavy atom. The maximum absolute atomic E-state index is 12.6. The highest BCUT2D eigenvalue weighted by Gasteiger charge is 2.21. The van der Waals surface area contributed by atoms with Crippen LogP contribution in [0.5, 0.6) is 0 Å². The zero-order chi connectivity index (χ0) is 18.4. The molecule has 0 bridgehead atoms. The lowest BCUT2D eigenvalue weighted by Crippen LogP contribution is -2.37. The summed E-state index contributed by atoms with van der Waals surface area (Å²) < 4.78 is 0. The highest BCUT2D eigenvalue weighted by molar-refractivity contribution is 5.78. The molecule has 26 heavy (non-hydrogen) atoms. The Kier molecular flexibility index (Phi) is 5.76. The normalized spacial score (nSPS) is 12.1. The highest BCUT2D eigenvalue weighted by Crippen LogP contribution is 2.18. The summed E-state index contributed by atoms with van der Waals surface area (Å²) in [5.74, 6) is 1.21. The quantitative estimate of drug-likeness (QED) is 0.687. The topological polar surface area (TPSA) is 73.9 Å². The first-order valence-corrected chi connectivity index (χ1v) is 8.57. The number of likely N-dealkylation sites (N-methyl/N-ethyl adjacent to an activating group) is 1. The fourth-order valence-corrected chi connectivity index (χ4v) is 2.83. The Balaban J connectivity index is 1.67. The van der Waals surface area contributed by atoms with Gasteiger partial charge in [0.25, 0.3) is 0 Å². The molecular weight excluding hydrogens is 326 g/mol. The Morgan fingerprint density at radius 3 is 2.38 bits per heavy atom. The third-order valence-electron chi connectivity index (χ3n) is 4.02. The first-order chi connectivity index (χ1) is 12.6. The molecule has 0 saturated heterocycles. The van der Waals surface area contributed by atoms with Gasteiger partial charge in [-0.2, -0.15) is 5.10 Å². The van der Waals surface area contributed by atoms with Gasteiger partial charge in [0.15, 0.2) is 5.82 Å². The van der Waals surface area contributed by atoms with E-state index in [1.807, 2.05) is 67.4 Å². The molecule has 0 aliphatic rings. The van der Waals surface area contributed by atoms with Crippen molar-refractivity contribution in [2.45, 2.75) is 19.5 Å². The molecular formula is C20H23N5O. The lowest BCUT2D eigenvalue weighted by atomic mass is 10.1. The number of amides is 1. The van der Waals surface area contributed by atoms with E-state index in [1.165, 1.54) is 5.56 Å². The number of hydrogen-bond acceptors (Lipinski definition) is 4. The molecule has 1 amide bonds. The average Bonchev–Trinajstić information content (AvgIpc) is 3.07. The highest BCUT2D eigenvalue weighted by atomic mass is 16.2. The summed E-state index contributed by atoms with van der Waals surface area (Å²) in [6.07, 6.45) is 0. The van der Waals surface area contributed by atoms with Gasteiger partial charge in [0, 0.05) is 6.54 Å². The maximum Gasteiger partial charge on any atom is 0.235 e. The van der Waals surface area contributed by atoms with E-state index in [2.05, 4.69) is 32.6 Å². The van der Waals surface area contributed by atoms with E-state index in [0.29, 0.717) is 18.9 Å². The number of aromatic nitrogens is 3. The van der Waals surface area contributed by atoms with Gasteiger partial charge in [0.2, 0.25) is 5.91 Å². The van der Waals surface area contributed by atoms with Crippen LogP contribution < -0.4 is 5.32 Å². The van der Waals surface area contributed by atoms with Crippen LogP contribution in [0.25, 0.3) is 0 Å². The SMILES string of the molecule is Cc1nc(C(NC(=O)CN(C)Cc2ccccc2)c2ccccc2)n[nH]1. The van der Waals surface area contributed by atoms with Crippen LogP contribution in [0.1, 0.15) is 28.8 Å². The zero-order valence-electron chi connectivity index (χ0n) is 15.0. The molecule has 1 unspecified atom stereocenters. The van der Waals surface area contributed by atoms with Crippen LogP contribution in [-0.2, 0) is 11.3 Å². The molecule has 0 aliphatic heterocycles. The number of carbonyl (C=O) groups excluding carboxylic acids is 1. The molecule has 0 fully saturated rings. The molecule has 0 aliphatic carbocycles. The summed E-state index contributed by atoms with van der Waals surface area (Å²) in [5.41, 5.74) is 2.12. The predicted molar refractivity (Wildman–Crippen MR) is 100 cm³/mol. The molecule has 0 spiro atoms. The number of rotatable bonds is 7. The Bertz CT molecular complexity index is 832. The van der Waals surface area contributed by atoms with Gasteiger partial charge in [-0.15, -0.1) is 0 Å². The van der Waals surface area contributed by atoms with E-state index in [4.69, 9.17) is 0 Å². The lowest BCUT2D eigenvalue weighted by molar-refractivity contribution is -0.122. The number of aryl methyl sites for hydroxylation is 1. The van der Waals surface area contributed by atoms with Gasteiger partial charge in [-0.1, -0.05) is 60.7 Å². The number of aromatic amines is 1. The molecule has 134 valence electrons. The van der Waals surface area contributed by atoms with E-state index in [1.54, 1.807) is 0 Å². The average molecular weight is 349 g/mol. The number of nitrogens with one attached hydrogen (secondary N) is 2. The second kappa shape index (κ2) is 8.40. The predicted octanol–water partition coefficient (Wildman–Crippen LogP) is 2.45. The molecule has 2 aromatic carbocycles. The van der Waals surface area contributed by atoms with Gasteiger partial charge in [-0.25, -0.2) is 4.98 Å². The molecule has 3 rings (SSSR count). The Labute approximate surface area is 153 Å². The Morgan fingerprint density at radius 1 is 1.12 bits per heavy atom. The van der Waals surface area contributed by atoms with E-state index in [0.717, 1.165) is 11.4 Å². The summed E-state index contributed by atoms with van der Waals surface area (Å²) in [6.45, 7) is 2.85. The number of hydrogen-bond donors (Lipinski definition) is 2. The second-order valence-corrected chi connectivity index (χ2v) is 6.35. The lowest BCUT2D eigenvalue weighted by Gasteiger charge is -2.20. The fourth-order valence-electron chi connectivity index (χ4n) is 2.83. The van der Waals surface area contributed by atoms with Gasteiger partial charge in [-0.05, 0) is 25.1 Å². The fraction of sp³-hybridized carbons (Fsp3) is 0.250. The van der Waals surface area contributed by atoms with Crippen LogP contribution in [0.15, 0.2) is 60.7 Å². The van der Waals surface area contributed by atoms with Crippen molar-refractivity contribution in [1.29, 1.82) is 0 Å². The van der Waals surface area contributed by atoms with Crippen LogP contribution in [0.3, 0.4) is 0 Å². The summed E-state index contributed by atoms with van der Waals surface area (Å²) in [4.78, 5) is 19.0. The van der Waals surface area contributed by atoms with E-state index >= 15 is 0 Å². The van der Waals surface area contributed by atoms with Crippen LogP contribution in [0, 0.1) is 6.92 Å². The molecule has 2 N–H and O–H groups in total. The van der Waals surface area contributed by atoms with Crippen LogP contribution >= 0.6 is 0 Å². The van der Waals surface area contributed by atoms with Crippen molar-refractivity contribution in [2.24, 2.45) is 0 Å². The molecule has 0 radical (unpaired) electrons. The number of benzene rings is 2. The van der Waals surface area contributed by atoms with Gasteiger partial charge in [0.1, 0.15) is 11.9 Å². The summed E-state index contributed by atoms with van der Waals surface area (Å²) in [7, 11) is 1.93. The molecule has 1 aromatic heterocycles. The van der Waals surface area contributed by atoms with E-state index in [-0.39, 0.29) is 11.9 Å². The molecule has 1 atom stereocenters. The summed E-state index contributed by atoms with van der Waals surface area (Å²) in [5, 5.41) is 10.1. The van der Waals surface area contributed by atoms with Crippen LogP contribution in [-0.4, -0.2) is 39.6 Å². The molecule has 0 saturated carbocycles. The number of H-pyrrole nitrogens is 1. The number of nitrogens with zero attached hydrogens (tertiary/aromatic N) is 3. The van der Waals surface area contributed by atoms with Gasteiger partial charge in [-0.3, -0.25) is 14.8 Å². The molecule has 6 nitrogen and oxygen atoms in total. The molecule has 1 heterocycles. The zero-order valence-corrected chi connectivity index (χ0v) is 15.0. The van der Waals surface area contributed by atoms with Crippen molar-refractivity contribution in [3.8, 4) is 0 Å². The summed E-state index contributed by atoms with van der Waals surface area (Å²) >= 11 is 0. The second-order valence-electron chi connectivity index (χ2n) is 6.35. The van der Waals surface area contributed by atoms with Crippen molar-refractivity contribution in [3.05, 3.63) is 83.4 Å². The first kappa shape index (κ1) is 17.8. The minimum atomic E-state index is -0.376. The largest absolute Gasteiger partial charge is 0.341 e. The van der Waals surface area contributed by atoms with Crippen molar-refractivity contribution in [3.63, 3.8) is 0 Å².